The maximum absolute atomic E-state index is 10.9. The summed E-state index contributed by atoms with van der Waals surface area (Å²) in [5.74, 6) is -0.110. The van der Waals surface area contributed by atoms with E-state index in [9.17, 15) is 4.79 Å². The van der Waals surface area contributed by atoms with Crippen LogP contribution in [-0.4, -0.2) is 22.2 Å². The number of aromatic nitrogens is 1. The van der Waals surface area contributed by atoms with Crippen molar-refractivity contribution >= 4 is 11.8 Å². The second-order valence-corrected chi connectivity index (χ2v) is 4.51. The van der Waals surface area contributed by atoms with Gasteiger partial charge in [-0.1, -0.05) is 0 Å². The minimum atomic E-state index is -1.04. The molecular formula is C14H16N2O3. The Hall–Kier alpha value is -2.43. The summed E-state index contributed by atoms with van der Waals surface area (Å²) in [4.78, 5) is 13.8. The van der Waals surface area contributed by atoms with E-state index in [1.165, 1.54) is 6.07 Å². The fraction of sp³-hybridized carbons (Fsp3) is 0.214. The maximum atomic E-state index is 10.9. The Morgan fingerprint density at radius 3 is 2.42 bits per heavy atom. The van der Waals surface area contributed by atoms with Gasteiger partial charge in [0.05, 0.1) is 6.10 Å². The van der Waals surface area contributed by atoms with Crippen LogP contribution in [0.3, 0.4) is 0 Å². The number of nitrogen functional groups attached to an aromatic ring is 1. The normalized spacial score (nSPS) is 10.7. The molecule has 0 unspecified atom stereocenters. The van der Waals surface area contributed by atoms with Crippen molar-refractivity contribution in [3.8, 4) is 17.0 Å². The highest BCUT2D eigenvalue weighted by Gasteiger charge is 2.13. The van der Waals surface area contributed by atoms with Crippen LogP contribution in [0.4, 0.5) is 5.82 Å². The number of ether oxygens (including phenoxy) is 1. The third-order valence-corrected chi connectivity index (χ3v) is 2.62. The van der Waals surface area contributed by atoms with E-state index in [-0.39, 0.29) is 17.5 Å². The molecule has 100 valence electrons. The van der Waals surface area contributed by atoms with E-state index in [0.717, 1.165) is 11.3 Å². The van der Waals surface area contributed by atoms with Crippen molar-refractivity contribution in [2.24, 2.45) is 0 Å². The zero-order valence-electron chi connectivity index (χ0n) is 10.8. The topological polar surface area (TPSA) is 88.3 Å². The summed E-state index contributed by atoms with van der Waals surface area (Å²) in [6.45, 7) is 3.91. The molecule has 5 nitrogen and oxygen atoms in total. The van der Waals surface area contributed by atoms with Gasteiger partial charge in [0, 0.05) is 5.69 Å². The van der Waals surface area contributed by atoms with Crippen LogP contribution in [-0.2, 0) is 0 Å². The van der Waals surface area contributed by atoms with Crippen molar-refractivity contribution in [1.29, 1.82) is 0 Å². The third kappa shape index (κ3) is 2.88. The van der Waals surface area contributed by atoms with Gasteiger partial charge in [-0.25, -0.2) is 4.79 Å². The second kappa shape index (κ2) is 5.06. The van der Waals surface area contributed by atoms with Crippen molar-refractivity contribution in [2.75, 3.05) is 5.73 Å². The Kier molecular flexibility index (Phi) is 3.46. The van der Waals surface area contributed by atoms with Gasteiger partial charge in [0.15, 0.2) is 0 Å². The summed E-state index contributed by atoms with van der Waals surface area (Å²) in [6.07, 6.45) is 0.116. The van der Waals surface area contributed by atoms with Gasteiger partial charge in [0.1, 0.15) is 17.1 Å². The van der Waals surface area contributed by atoms with Crippen LogP contribution in [0.25, 0.3) is 11.3 Å². The molecule has 1 aromatic carbocycles. The first-order chi connectivity index (χ1) is 8.97. The fourth-order valence-electron chi connectivity index (χ4n) is 1.79. The lowest BCUT2D eigenvalue weighted by Gasteiger charge is -2.09. The SMILES string of the molecule is CC(C)Oc1ccc(-c2cc(C(=O)O)c(N)[nH]2)cc1. The number of carbonyl (C=O) groups is 1. The molecule has 0 atom stereocenters. The van der Waals surface area contributed by atoms with Gasteiger partial charge in [-0.15, -0.1) is 0 Å². The standard InChI is InChI=1S/C14H16N2O3/c1-8(2)19-10-5-3-9(4-6-10)12-7-11(14(17)18)13(15)16-12/h3-8,16H,15H2,1-2H3,(H,17,18). The molecule has 0 saturated heterocycles. The Morgan fingerprint density at radius 2 is 1.95 bits per heavy atom. The number of aromatic amines is 1. The van der Waals surface area contributed by atoms with Crippen molar-refractivity contribution < 1.29 is 14.6 Å². The molecule has 0 bridgehead atoms. The van der Waals surface area contributed by atoms with E-state index >= 15 is 0 Å². The molecule has 4 N–H and O–H groups in total. The Balaban J connectivity index is 2.27. The van der Waals surface area contributed by atoms with E-state index in [1.54, 1.807) is 0 Å². The van der Waals surface area contributed by atoms with Gasteiger partial charge in [-0.3, -0.25) is 0 Å². The molecule has 19 heavy (non-hydrogen) atoms. The first-order valence-electron chi connectivity index (χ1n) is 5.96. The average Bonchev–Trinajstić information content (AvgIpc) is 2.71. The van der Waals surface area contributed by atoms with Crippen LogP contribution in [0, 0.1) is 0 Å². The second-order valence-electron chi connectivity index (χ2n) is 4.51. The molecule has 2 rings (SSSR count). The molecule has 0 aliphatic rings. The molecule has 0 radical (unpaired) electrons. The summed E-state index contributed by atoms with van der Waals surface area (Å²) in [6, 6.07) is 8.92. The fourth-order valence-corrected chi connectivity index (χ4v) is 1.79. The third-order valence-electron chi connectivity index (χ3n) is 2.62. The lowest BCUT2D eigenvalue weighted by atomic mass is 10.1. The van der Waals surface area contributed by atoms with Crippen LogP contribution in [0.15, 0.2) is 30.3 Å². The first-order valence-corrected chi connectivity index (χ1v) is 5.96. The van der Waals surface area contributed by atoms with Crippen LogP contribution in [0.1, 0.15) is 24.2 Å². The lowest BCUT2D eigenvalue weighted by Crippen LogP contribution is -2.05. The highest BCUT2D eigenvalue weighted by Crippen LogP contribution is 2.25. The number of carboxylic acids is 1. The Bertz CT molecular complexity index is 585. The van der Waals surface area contributed by atoms with Crippen LogP contribution >= 0.6 is 0 Å². The number of aromatic carboxylic acids is 1. The van der Waals surface area contributed by atoms with Crippen molar-refractivity contribution in [2.45, 2.75) is 20.0 Å². The van der Waals surface area contributed by atoms with Gasteiger partial charge in [0.2, 0.25) is 0 Å². The highest BCUT2D eigenvalue weighted by atomic mass is 16.5. The minimum Gasteiger partial charge on any atom is -0.491 e. The number of anilines is 1. The summed E-state index contributed by atoms with van der Waals surface area (Å²) in [5.41, 5.74) is 7.22. The summed E-state index contributed by atoms with van der Waals surface area (Å²) < 4.78 is 5.54. The highest BCUT2D eigenvalue weighted by molar-refractivity contribution is 5.94. The van der Waals surface area contributed by atoms with E-state index in [4.69, 9.17) is 15.6 Å². The van der Waals surface area contributed by atoms with Crippen LogP contribution < -0.4 is 10.5 Å². The molecule has 0 fully saturated rings. The van der Waals surface area contributed by atoms with Crippen molar-refractivity contribution in [1.82, 2.24) is 4.98 Å². The van der Waals surface area contributed by atoms with Gasteiger partial charge < -0.3 is 20.6 Å². The Morgan fingerprint density at radius 1 is 1.32 bits per heavy atom. The monoisotopic (exact) mass is 260 g/mol. The van der Waals surface area contributed by atoms with Gasteiger partial charge in [-0.05, 0) is 49.7 Å². The molecule has 5 heteroatoms. The van der Waals surface area contributed by atoms with E-state index in [2.05, 4.69) is 4.98 Å². The van der Waals surface area contributed by atoms with Crippen molar-refractivity contribution in [3.05, 3.63) is 35.9 Å². The predicted octanol–water partition coefficient (Wildman–Crippen LogP) is 2.75. The van der Waals surface area contributed by atoms with E-state index in [1.807, 2.05) is 38.1 Å². The summed E-state index contributed by atoms with van der Waals surface area (Å²) >= 11 is 0. The molecule has 0 saturated carbocycles. The molecule has 2 aromatic rings. The average molecular weight is 260 g/mol. The molecule has 1 aromatic heterocycles. The smallest absolute Gasteiger partial charge is 0.339 e. The number of hydrogen-bond acceptors (Lipinski definition) is 3. The summed E-state index contributed by atoms with van der Waals surface area (Å²) in [5, 5.41) is 8.95. The quantitative estimate of drug-likeness (QED) is 0.788. The molecule has 0 amide bonds. The largest absolute Gasteiger partial charge is 0.491 e. The first kappa shape index (κ1) is 13.0. The maximum Gasteiger partial charge on any atom is 0.339 e. The number of carboxylic acid groups (broad SMARTS) is 1. The number of nitrogens with two attached hydrogens (primary N) is 1. The molecular weight excluding hydrogens is 244 g/mol. The van der Waals surface area contributed by atoms with Gasteiger partial charge >= 0.3 is 5.97 Å². The molecule has 1 heterocycles. The van der Waals surface area contributed by atoms with Gasteiger partial charge in [0.25, 0.3) is 0 Å². The lowest BCUT2D eigenvalue weighted by molar-refractivity contribution is 0.0698. The van der Waals surface area contributed by atoms with Crippen LogP contribution in [0.5, 0.6) is 5.75 Å². The number of hydrogen-bond donors (Lipinski definition) is 3. The number of H-pyrrole nitrogens is 1. The zero-order chi connectivity index (χ0) is 14.0. The predicted molar refractivity (Wildman–Crippen MR) is 73.4 cm³/mol. The van der Waals surface area contributed by atoms with E-state index in [0.29, 0.717) is 5.69 Å². The Labute approximate surface area is 111 Å². The van der Waals surface area contributed by atoms with E-state index < -0.39 is 5.97 Å². The zero-order valence-corrected chi connectivity index (χ0v) is 10.8. The van der Waals surface area contributed by atoms with Crippen molar-refractivity contribution in [3.63, 3.8) is 0 Å². The number of rotatable bonds is 4. The summed E-state index contributed by atoms with van der Waals surface area (Å²) in [7, 11) is 0. The molecule has 0 aliphatic carbocycles. The molecule has 0 spiro atoms. The minimum absolute atomic E-state index is 0.0810. The number of nitrogens with one attached hydrogen (secondary N) is 1. The van der Waals surface area contributed by atoms with Gasteiger partial charge in [-0.2, -0.15) is 0 Å². The molecule has 0 aliphatic heterocycles. The number of benzene rings is 1. The van der Waals surface area contributed by atoms with Crippen LogP contribution in [0.2, 0.25) is 0 Å².